The highest BCUT2D eigenvalue weighted by Gasteiger charge is 2.26. The first-order valence-corrected chi connectivity index (χ1v) is 10.9. The summed E-state index contributed by atoms with van der Waals surface area (Å²) < 4.78 is 5.34. The Balaban J connectivity index is 1.56. The fourth-order valence-corrected chi connectivity index (χ4v) is 3.68. The second kappa shape index (κ2) is 10.4. The van der Waals surface area contributed by atoms with E-state index in [1.54, 1.807) is 0 Å². The first-order valence-electron chi connectivity index (χ1n) is 10.9. The van der Waals surface area contributed by atoms with Crippen LogP contribution >= 0.6 is 0 Å². The van der Waals surface area contributed by atoms with Crippen LogP contribution in [0, 0.1) is 0 Å². The number of carbonyl (C=O) groups is 2. The molecule has 1 aliphatic heterocycles. The van der Waals surface area contributed by atoms with Crippen LogP contribution in [0.5, 0.6) is 0 Å². The molecule has 1 N–H and O–H groups in total. The molecule has 1 saturated heterocycles. The van der Waals surface area contributed by atoms with Gasteiger partial charge in [-0.25, -0.2) is 4.79 Å². The molecule has 0 atom stereocenters. The average Bonchev–Trinajstić information content (AvgIpc) is 2.73. The van der Waals surface area contributed by atoms with Gasteiger partial charge in [-0.2, -0.15) is 0 Å². The lowest BCUT2D eigenvalue weighted by atomic mass is 10.1. The highest BCUT2D eigenvalue weighted by molar-refractivity contribution is 5.94. The molecular weight excluding hydrogens is 390 g/mol. The van der Waals surface area contributed by atoms with Crippen molar-refractivity contribution in [1.29, 1.82) is 0 Å². The summed E-state index contributed by atoms with van der Waals surface area (Å²) >= 11 is 0. The van der Waals surface area contributed by atoms with Crippen molar-refractivity contribution in [1.82, 2.24) is 10.2 Å². The molecule has 2 aromatic carbocycles. The van der Waals surface area contributed by atoms with Gasteiger partial charge in [0.25, 0.3) is 0 Å². The van der Waals surface area contributed by atoms with Crippen LogP contribution in [0.3, 0.4) is 0 Å². The minimum absolute atomic E-state index is 0.0774. The third kappa shape index (κ3) is 7.40. The maximum absolute atomic E-state index is 13.2. The van der Waals surface area contributed by atoms with Crippen molar-refractivity contribution >= 4 is 17.7 Å². The number of carbonyl (C=O) groups excluding carboxylic acids is 2. The largest absolute Gasteiger partial charge is 0.444 e. The van der Waals surface area contributed by atoms with Crippen LogP contribution in [0.1, 0.15) is 39.2 Å². The first-order chi connectivity index (χ1) is 14.8. The monoisotopic (exact) mass is 423 g/mol. The third-order valence-electron chi connectivity index (χ3n) is 5.22. The molecular formula is C25H33N3O3. The summed E-state index contributed by atoms with van der Waals surface area (Å²) in [5.74, 6) is 0.0774. The van der Waals surface area contributed by atoms with Crippen molar-refractivity contribution in [2.24, 2.45) is 0 Å². The van der Waals surface area contributed by atoms with E-state index in [0.717, 1.165) is 37.2 Å². The molecule has 166 valence electrons. The summed E-state index contributed by atoms with van der Waals surface area (Å²) in [5.41, 5.74) is 1.49. The molecule has 0 radical (unpaired) electrons. The summed E-state index contributed by atoms with van der Waals surface area (Å²) in [7, 11) is 0. The van der Waals surface area contributed by atoms with Crippen molar-refractivity contribution in [3.05, 3.63) is 66.2 Å². The zero-order chi connectivity index (χ0) is 22.3. The van der Waals surface area contributed by atoms with E-state index in [4.69, 9.17) is 4.74 Å². The maximum atomic E-state index is 13.2. The predicted molar refractivity (Wildman–Crippen MR) is 123 cm³/mol. The van der Waals surface area contributed by atoms with Gasteiger partial charge in [0.15, 0.2) is 0 Å². The summed E-state index contributed by atoms with van der Waals surface area (Å²) in [6, 6.07) is 19.9. The summed E-state index contributed by atoms with van der Waals surface area (Å²) in [5, 5.41) is 2.95. The highest BCUT2D eigenvalue weighted by atomic mass is 16.6. The lowest BCUT2D eigenvalue weighted by molar-refractivity contribution is -0.120. The number of rotatable bonds is 6. The average molecular weight is 424 g/mol. The highest BCUT2D eigenvalue weighted by Crippen LogP contribution is 2.19. The van der Waals surface area contributed by atoms with E-state index in [-0.39, 0.29) is 18.0 Å². The number of hydrogen-bond acceptors (Lipinski definition) is 4. The fraction of sp³-hybridized carbons (Fsp3) is 0.440. The van der Waals surface area contributed by atoms with Crippen molar-refractivity contribution in [3.8, 4) is 0 Å². The number of nitrogens with one attached hydrogen (secondary N) is 1. The van der Waals surface area contributed by atoms with Gasteiger partial charge in [0.2, 0.25) is 5.91 Å². The Hall–Kier alpha value is -2.86. The number of likely N-dealkylation sites (tertiary alicyclic amines) is 1. The lowest BCUT2D eigenvalue weighted by Crippen LogP contribution is -2.48. The van der Waals surface area contributed by atoms with E-state index >= 15 is 0 Å². The normalized spacial score (nSPS) is 15.3. The number of amides is 2. The second-order valence-electron chi connectivity index (χ2n) is 9.00. The standard InChI is InChI=1S/C25H33N3O3/c1-25(2,3)31-24(30)26-21-14-16-27(17-15-21)19-23(29)28(22-12-8-5-9-13-22)18-20-10-6-4-7-11-20/h4-13,21H,14-19H2,1-3H3,(H,26,30). The van der Waals surface area contributed by atoms with Crippen LogP contribution in [0.4, 0.5) is 10.5 Å². The maximum Gasteiger partial charge on any atom is 0.407 e. The van der Waals surface area contributed by atoms with Crippen LogP contribution in [-0.2, 0) is 16.1 Å². The van der Waals surface area contributed by atoms with Gasteiger partial charge in [-0.15, -0.1) is 0 Å². The van der Waals surface area contributed by atoms with Gasteiger partial charge < -0.3 is 15.0 Å². The van der Waals surface area contributed by atoms with Crippen LogP contribution in [-0.4, -0.2) is 48.2 Å². The molecule has 31 heavy (non-hydrogen) atoms. The molecule has 0 unspecified atom stereocenters. The van der Waals surface area contributed by atoms with E-state index in [1.807, 2.05) is 86.3 Å². The number of anilines is 1. The third-order valence-corrected chi connectivity index (χ3v) is 5.22. The molecule has 0 saturated carbocycles. The van der Waals surface area contributed by atoms with Crippen LogP contribution in [0.2, 0.25) is 0 Å². The fourth-order valence-electron chi connectivity index (χ4n) is 3.68. The molecule has 1 aliphatic rings. The van der Waals surface area contributed by atoms with Gasteiger partial charge in [-0.05, 0) is 51.3 Å². The molecule has 0 spiro atoms. The number of piperidine rings is 1. The molecule has 6 heteroatoms. The minimum Gasteiger partial charge on any atom is -0.444 e. The van der Waals surface area contributed by atoms with Crippen LogP contribution in [0.15, 0.2) is 60.7 Å². The first kappa shape index (κ1) is 22.8. The van der Waals surface area contributed by atoms with Crippen LogP contribution in [0.25, 0.3) is 0 Å². The molecule has 2 aromatic rings. The quantitative estimate of drug-likeness (QED) is 0.756. The number of benzene rings is 2. The zero-order valence-corrected chi connectivity index (χ0v) is 18.7. The van der Waals surface area contributed by atoms with E-state index in [9.17, 15) is 9.59 Å². The Kier molecular flexibility index (Phi) is 7.69. The minimum atomic E-state index is -0.503. The van der Waals surface area contributed by atoms with Gasteiger partial charge in [0.1, 0.15) is 5.60 Å². The van der Waals surface area contributed by atoms with Crippen molar-refractivity contribution in [2.45, 2.75) is 51.8 Å². The molecule has 3 rings (SSSR count). The number of alkyl carbamates (subject to hydrolysis) is 1. The lowest BCUT2D eigenvalue weighted by Gasteiger charge is -2.34. The van der Waals surface area contributed by atoms with Gasteiger partial charge >= 0.3 is 6.09 Å². The van der Waals surface area contributed by atoms with Gasteiger partial charge in [0.05, 0.1) is 13.1 Å². The zero-order valence-electron chi connectivity index (χ0n) is 18.7. The number of ether oxygens (including phenoxy) is 1. The molecule has 0 aliphatic carbocycles. The van der Waals surface area contributed by atoms with E-state index < -0.39 is 5.60 Å². The van der Waals surface area contributed by atoms with Gasteiger partial charge in [-0.1, -0.05) is 48.5 Å². The van der Waals surface area contributed by atoms with Crippen LogP contribution < -0.4 is 10.2 Å². The number of nitrogens with zero attached hydrogens (tertiary/aromatic N) is 2. The molecule has 1 fully saturated rings. The van der Waals surface area contributed by atoms with Gasteiger partial charge in [-0.3, -0.25) is 9.69 Å². The summed E-state index contributed by atoms with van der Waals surface area (Å²) in [6.45, 7) is 8.00. The summed E-state index contributed by atoms with van der Waals surface area (Å²) in [4.78, 5) is 29.2. The number of hydrogen-bond donors (Lipinski definition) is 1. The second-order valence-corrected chi connectivity index (χ2v) is 9.00. The molecule has 2 amide bonds. The molecule has 0 aromatic heterocycles. The summed E-state index contributed by atoms with van der Waals surface area (Å²) in [6.07, 6.45) is 1.23. The van der Waals surface area contributed by atoms with E-state index in [2.05, 4.69) is 10.2 Å². The molecule has 6 nitrogen and oxygen atoms in total. The SMILES string of the molecule is CC(C)(C)OC(=O)NC1CCN(CC(=O)N(Cc2ccccc2)c2ccccc2)CC1. The predicted octanol–water partition coefficient (Wildman–Crippen LogP) is 4.21. The Bertz CT molecular complexity index is 841. The van der Waals surface area contributed by atoms with E-state index in [0.29, 0.717) is 13.1 Å². The Morgan fingerprint density at radius 3 is 2.16 bits per heavy atom. The van der Waals surface area contributed by atoms with Crippen molar-refractivity contribution in [2.75, 3.05) is 24.5 Å². The van der Waals surface area contributed by atoms with Crippen molar-refractivity contribution < 1.29 is 14.3 Å². The topological polar surface area (TPSA) is 61.9 Å². The molecule has 0 bridgehead atoms. The van der Waals surface area contributed by atoms with Crippen molar-refractivity contribution in [3.63, 3.8) is 0 Å². The Morgan fingerprint density at radius 1 is 1.00 bits per heavy atom. The molecule has 1 heterocycles. The Labute approximate surface area is 185 Å². The Morgan fingerprint density at radius 2 is 1.58 bits per heavy atom. The number of para-hydroxylation sites is 1. The van der Waals surface area contributed by atoms with E-state index in [1.165, 1.54) is 0 Å². The van der Waals surface area contributed by atoms with Gasteiger partial charge in [0, 0.05) is 24.8 Å². The smallest absolute Gasteiger partial charge is 0.407 e.